The van der Waals surface area contributed by atoms with Gasteiger partial charge in [-0.05, 0) is 0 Å². The van der Waals surface area contributed by atoms with Gasteiger partial charge in [-0.3, -0.25) is 9.59 Å². The zero-order valence-corrected chi connectivity index (χ0v) is 12.0. The van der Waals surface area contributed by atoms with Gasteiger partial charge < -0.3 is 20.7 Å². The molecule has 1 aliphatic rings. The quantitative estimate of drug-likeness (QED) is 0.494. The summed E-state index contributed by atoms with van der Waals surface area (Å²) >= 11 is 0. The molecule has 9 nitrogen and oxygen atoms in total. The molecule has 2 rings (SSSR count). The molecule has 0 atom stereocenters. The standard InChI is InChI=1S/C12H20N6O3/c1-21-5-4-14-11(19)2-3-15-12(20)10-8-18(17-16-10)9-6-13-7-9/h8-9,13H,2-7H2,1H3,(H,14,19)(H,15,20). The topological polar surface area (TPSA) is 110 Å². The van der Waals surface area contributed by atoms with Gasteiger partial charge in [0.1, 0.15) is 0 Å². The van der Waals surface area contributed by atoms with Crippen LogP contribution in [0.3, 0.4) is 0 Å². The summed E-state index contributed by atoms with van der Waals surface area (Å²) in [5, 5.41) is 16.2. The van der Waals surface area contributed by atoms with E-state index in [0.717, 1.165) is 13.1 Å². The van der Waals surface area contributed by atoms with Crippen molar-refractivity contribution in [1.82, 2.24) is 30.9 Å². The lowest BCUT2D eigenvalue weighted by Gasteiger charge is -2.26. The van der Waals surface area contributed by atoms with Crippen LogP contribution in [-0.2, 0) is 9.53 Å². The summed E-state index contributed by atoms with van der Waals surface area (Å²) in [6.45, 7) is 2.87. The van der Waals surface area contributed by atoms with E-state index in [1.54, 1.807) is 18.0 Å². The van der Waals surface area contributed by atoms with Gasteiger partial charge in [0.25, 0.3) is 5.91 Å². The summed E-state index contributed by atoms with van der Waals surface area (Å²) in [4.78, 5) is 23.3. The largest absolute Gasteiger partial charge is 0.383 e. The summed E-state index contributed by atoms with van der Waals surface area (Å²) in [6, 6.07) is 0.269. The molecule has 0 saturated carbocycles. The Morgan fingerprint density at radius 3 is 2.90 bits per heavy atom. The minimum atomic E-state index is -0.321. The molecule has 1 aromatic heterocycles. The second-order valence-corrected chi connectivity index (χ2v) is 4.74. The molecule has 9 heteroatoms. The summed E-state index contributed by atoms with van der Waals surface area (Å²) in [7, 11) is 1.57. The first-order chi connectivity index (χ1) is 10.2. The molecule has 1 fully saturated rings. The number of rotatable bonds is 8. The molecule has 21 heavy (non-hydrogen) atoms. The molecule has 0 aliphatic carbocycles. The number of hydrogen-bond acceptors (Lipinski definition) is 6. The van der Waals surface area contributed by atoms with Crippen LogP contribution < -0.4 is 16.0 Å². The molecule has 0 spiro atoms. The van der Waals surface area contributed by atoms with E-state index in [1.807, 2.05) is 0 Å². The number of nitrogens with one attached hydrogen (secondary N) is 3. The zero-order chi connectivity index (χ0) is 15.1. The average Bonchev–Trinajstić information content (AvgIpc) is 2.86. The van der Waals surface area contributed by atoms with Crippen LogP contribution in [0, 0.1) is 0 Å². The van der Waals surface area contributed by atoms with Gasteiger partial charge >= 0.3 is 0 Å². The van der Waals surface area contributed by atoms with Gasteiger partial charge in [-0.1, -0.05) is 5.21 Å². The smallest absolute Gasteiger partial charge is 0.273 e. The van der Waals surface area contributed by atoms with Crippen molar-refractivity contribution in [2.24, 2.45) is 0 Å². The third kappa shape index (κ3) is 4.50. The van der Waals surface area contributed by atoms with Crippen LogP contribution in [0.2, 0.25) is 0 Å². The number of carbonyl (C=O) groups excluding carboxylic acids is 2. The van der Waals surface area contributed by atoms with Crippen LogP contribution in [0.1, 0.15) is 23.0 Å². The Balaban J connectivity index is 1.67. The molecule has 1 saturated heterocycles. The zero-order valence-electron chi connectivity index (χ0n) is 12.0. The molecule has 0 aromatic carbocycles. The monoisotopic (exact) mass is 296 g/mol. The maximum atomic E-state index is 11.8. The molecule has 116 valence electrons. The van der Waals surface area contributed by atoms with Crippen LogP contribution in [0.5, 0.6) is 0 Å². The molecule has 2 amide bonds. The molecule has 0 unspecified atom stereocenters. The van der Waals surface area contributed by atoms with Gasteiger partial charge in [-0.2, -0.15) is 0 Å². The molecule has 2 heterocycles. The van der Waals surface area contributed by atoms with Gasteiger partial charge in [0, 0.05) is 39.7 Å². The lowest BCUT2D eigenvalue weighted by Crippen LogP contribution is -2.43. The summed E-state index contributed by atoms with van der Waals surface area (Å²) in [5.74, 6) is -0.449. The number of amides is 2. The first kappa shape index (κ1) is 15.4. The number of nitrogens with zero attached hydrogens (tertiary/aromatic N) is 3. The average molecular weight is 296 g/mol. The van der Waals surface area contributed by atoms with Crippen LogP contribution >= 0.6 is 0 Å². The molecule has 3 N–H and O–H groups in total. The van der Waals surface area contributed by atoms with Crippen molar-refractivity contribution in [1.29, 1.82) is 0 Å². The summed E-state index contributed by atoms with van der Waals surface area (Å²) in [5.41, 5.74) is 0.265. The predicted octanol–water partition coefficient (Wildman–Crippen LogP) is -1.70. The van der Waals surface area contributed by atoms with Crippen LogP contribution in [0.25, 0.3) is 0 Å². The van der Waals surface area contributed by atoms with E-state index in [1.165, 1.54) is 0 Å². The van der Waals surface area contributed by atoms with Crippen LogP contribution in [0.4, 0.5) is 0 Å². The van der Waals surface area contributed by atoms with Gasteiger partial charge in [0.05, 0.1) is 18.8 Å². The summed E-state index contributed by atoms with van der Waals surface area (Å²) in [6.07, 6.45) is 1.84. The van der Waals surface area contributed by atoms with Gasteiger partial charge in [-0.15, -0.1) is 5.10 Å². The Labute approximate surface area is 122 Å². The Morgan fingerprint density at radius 1 is 1.43 bits per heavy atom. The first-order valence-electron chi connectivity index (χ1n) is 6.87. The van der Waals surface area contributed by atoms with Crippen LogP contribution in [-0.4, -0.2) is 66.7 Å². The second kappa shape index (κ2) is 7.70. The Morgan fingerprint density at radius 2 is 2.24 bits per heavy atom. The van der Waals surface area contributed by atoms with E-state index < -0.39 is 0 Å². The Hall–Kier alpha value is -2.00. The molecule has 1 aliphatic heterocycles. The Kier molecular flexibility index (Phi) is 5.64. The lowest BCUT2D eigenvalue weighted by atomic mass is 10.2. The minimum Gasteiger partial charge on any atom is -0.383 e. The van der Waals surface area contributed by atoms with E-state index in [0.29, 0.717) is 13.2 Å². The minimum absolute atomic E-state index is 0.128. The molecular formula is C12H20N6O3. The van der Waals surface area contributed by atoms with Crippen molar-refractivity contribution in [2.75, 3.05) is 39.9 Å². The fraction of sp³-hybridized carbons (Fsp3) is 0.667. The van der Waals surface area contributed by atoms with Crippen molar-refractivity contribution < 1.29 is 14.3 Å². The van der Waals surface area contributed by atoms with Gasteiger partial charge in [0.15, 0.2) is 5.69 Å². The summed E-state index contributed by atoms with van der Waals surface area (Å²) < 4.78 is 6.51. The number of ether oxygens (including phenoxy) is 1. The van der Waals surface area contributed by atoms with E-state index in [9.17, 15) is 9.59 Å². The predicted molar refractivity (Wildman–Crippen MR) is 73.8 cm³/mol. The maximum absolute atomic E-state index is 11.8. The number of hydrogen-bond donors (Lipinski definition) is 3. The second-order valence-electron chi connectivity index (χ2n) is 4.74. The van der Waals surface area contributed by atoms with E-state index in [-0.39, 0.29) is 36.5 Å². The van der Waals surface area contributed by atoms with Crippen molar-refractivity contribution in [3.63, 3.8) is 0 Å². The van der Waals surface area contributed by atoms with Gasteiger partial charge in [0.2, 0.25) is 5.91 Å². The highest BCUT2D eigenvalue weighted by molar-refractivity contribution is 5.92. The van der Waals surface area contributed by atoms with Crippen molar-refractivity contribution in [2.45, 2.75) is 12.5 Å². The fourth-order valence-electron chi connectivity index (χ4n) is 1.78. The van der Waals surface area contributed by atoms with Crippen molar-refractivity contribution >= 4 is 11.8 Å². The highest BCUT2D eigenvalue weighted by Gasteiger charge is 2.21. The fourth-order valence-corrected chi connectivity index (χ4v) is 1.78. The molecular weight excluding hydrogens is 276 g/mol. The molecule has 1 aromatic rings. The van der Waals surface area contributed by atoms with Crippen LogP contribution in [0.15, 0.2) is 6.20 Å². The SMILES string of the molecule is COCCNC(=O)CCNC(=O)c1cn(C2CNC2)nn1. The number of carbonyl (C=O) groups is 2. The van der Waals surface area contributed by atoms with Gasteiger partial charge in [-0.25, -0.2) is 4.68 Å². The van der Waals surface area contributed by atoms with E-state index in [4.69, 9.17) is 4.74 Å². The van der Waals surface area contributed by atoms with Crippen molar-refractivity contribution in [3.8, 4) is 0 Å². The van der Waals surface area contributed by atoms with E-state index >= 15 is 0 Å². The Bertz CT molecular complexity index is 485. The normalized spacial score (nSPS) is 14.5. The first-order valence-corrected chi connectivity index (χ1v) is 6.87. The third-order valence-corrected chi connectivity index (χ3v) is 3.14. The third-order valence-electron chi connectivity index (χ3n) is 3.14. The highest BCUT2D eigenvalue weighted by Crippen LogP contribution is 2.09. The number of methoxy groups -OCH3 is 1. The van der Waals surface area contributed by atoms with E-state index in [2.05, 4.69) is 26.3 Å². The lowest BCUT2D eigenvalue weighted by molar-refractivity contribution is -0.121. The van der Waals surface area contributed by atoms with Crippen molar-refractivity contribution in [3.05, 3.63) is 11.9 Å². The highest BCUT2D eigenvalue weighted by atomic mass is 16.5. The number of aromatic nitrogens is 3. The molecule has 0 radical (unpaired) electrons. The maximum Gasteiger partial charge on any atom is 0.273 e. The molecule has 0 bridgehead atoms.